The zero-order chi connectivity index (χ0) is 37.1. The third-order valence-corrected chi connectivity index (χ3v) is 8.17. The number of carboxylic acids is 3. The lowest BCUT2D eigenvalue weighted by Crippen LogP contribution is -2.11. The Morgan fingerprint density at radius 1 is 0.694 bits per heavy atom. The van der Waals surface area contributed by atoms with Gasteiger partial charge in [-0.2, -0.15) is 0 Å². The first kappa shape index (κ1) is 48.0. The average Bonchev–Trinajstić information content (AvgIpc) is 3.05. The average molecular weight is 708 g/mol. The van der Waals surface area contributed by atoms with Crippen LogP contribution in [0.5, 0.6) is 0 Å². The molecule has 0 fully saturated rings. The van der Waals surface area contributed by atoms with Crippen LogP contribution in [0, 0.1) is 5.92 Å². The third-order valence-electron chi connectivity index (χ3n) is 7.73. The predicted molar refractivity (Wildman–Crippen MR) is 202 cm³/mol. The van der Waals surface area contributed by atoms with Gasteiger partial charge in [-0.25, -0.2) is 4.79 Å². The molecule has 0 radical (unpaired) electrons. The molecule has 0 saturated carbocycles. The number of halogens is 1. The number of rotatable bonds is 27. The fourth-order valence-corrected chi connectivity index (χ4v) is 5.09. The van der Waals surface area contributed by atoms with Crippen LogP contribution in [-0.4, -0.2) is 39.1 Å². The SMILES string of the molecule is CC(C)C=CCCCCC(=O)O.CCCCCCCCCCCCCCCCCCC(=CC(N)=O)C(=O)O.O=C(O)C(Cl)c1ccccc1. The van der Waals surface area contributed by atoms with E-state index >= 15 is 0 Å². The van der Waals surface area contributed by atoms with Crippen molar-refractivity contribution in [3.8, 4) is 0 Å². The Bertz CT molecular complexity index is 1040. The number of alkyl halides is 1. The largest absolute Gasteiger partial charge is 0.481 e. The molecule has 1 aromatic carbocycles. The standard InChI is InChI=1S/C22H41NO3.C10H18O2.C8H7ClO2/c1-2-3-4-5-6-7-8-9-10-11-12-13-14-15-16-17-18-20(22(25)26)19-21(23)24;1-9(2)7-5-3-4-6-8-10(11)12;9-7(8(10)11)6-4-2-1-3-5-6/h19H,2-18H2,1H3,(H2,23,24)(H,25,26);5,7,9H,3-4,6,8H2,1-2H3,(H,11,12);1-5,7H,(H,10,11). The summed E-state index contributed by atoms with van der Waals surface area (Å²) >= 11 is 5.54. The number of allylic oxidation sites excluding steroid dienone is 2. The molecule has 5 N–H and O–H groups in total. The maximum Gasteiger partial charge on any atom is 0.331 e. The van der Waals surface area contributed by atoms with Crippen molar-refractivity contribution in [1.29, 1.82) is 0 Å². The second kappa shape index (κ2) is 34.7. The lowest BCUT2D eigenvalue weighted by molar-refractivity contribution is -0.138. The minimum Gasteiger partial charge on any atom is -0.481 e. The predicted octanol–water partition coefficient (Wildman–Crippen LogP) is 11.0. The van der Waals surface area contributed by atoms with E-state index in [1.54, 1.807) is 24.3 Å². The van der Waals surface area contributed by atoms with Crippen molar-refractivity contribution in [2.75, 3.05) is 0 Å². The number of carboxylic acid groups (broad SMARTS) is 3. The Balaban J connectivity index is 0. The first-order valence-electron chi connectivity index (χ1n) is 18.5. The molecule has 1 unspecified atom stereocenters. The summed E-state index contributed by atoms with van der Waals surface area (Å²) in [6.07, 6.45) is 29.5. The van der Waals surface area contributed by atoms with Gasteiger partial charge in [-0.1, -0.05) is 160 Å². The van der Waals surface area contributed by atoms with Crippen molar-refractivity contribution in [2.24, 2.45) is 11.7 Å². The maximum absolute atomic E-state index is 11.0. The van der Waals surface area contributed by atoms with Crippen LogP contribution < -0.4 is 5.73 Å². The Kier molecular flexibility index (Phi) is 34.0. The highest BCUT2D eigenvalue weighted by Gasteiger charge is 2.14. The molecule has 0 spiro atoms. The van der Waals surface area contributed by atoms with Gasteiger partial charge in [0, 0.05) is 18.1 Å². The third kappa shape index (κ3) is 36.0. The van der Waals surface area contributed by atoms with Crippen molar-refractivity contribution in [3.05, 3.63) is 59.7 Å². The van der Waals surface area contributed by atoms with Gasteiger partial charge in [0.15, 0.2) is 5.38 Å². The van der Waals surface area contributed by atoms with E-state index in [0.717, 1.165) is 44.6 Å². The number of benzene rings is 1. The number of hydrogen-bond donors (Lipinski definition) is 4. The van der Waals surface area contributed by atoms with Gasteiger partial charge in [0.2, 0.25) is 5.91 Å². The van der Waals surface area contributed by atoms with Gasteiger partial charge in [0.1, 0.15) is 0 Å². The molecule has 0 saturated heterocycles. The lowest BCUT2D eigenvalue weighted by Gasteiger charge is -2.04. The highest BCUT2D eigenvalue weighted by Crippen LogP contribution is 2.19. The van der Waals surface area contributed by atoms with Crippen molar-refractivity contribution in [3.63, 3.8) is 0 Å². The van der Waals surface area contributed by atoms with Gasteiger partial charge in [-0.3, -0.25) is 14.4 Å². The summed E-state index contributed by atoms with van der Waals surface area (Å²) < 4.78 is 0. The van der Waals surface area contributed by atoms with Gasteiger partial charge >= 0.3 is 17.9 Å². The summed E-state index contributed by atoms with van der Waals surface area (Å²) in [5, 5.41) is 24.9. The van der Waals surface area contributed by atoms with E-state index in [9.17, 15) is 19.2 Å². The van der Waals surface area contributed by atoms with Crippen LogP contribution in [0.25, 0.3) is 0 Å². The zero-order valence-corrected chi connectivity index (χ0v) is 31.3. The van der Waals surface area contributed by atoms with Crippen LogP contribution in [0.1, 0.15) is 167 Å². The minimum atomic E-state index is -1.04. The first-order chi connectivity index (χ1) is 23.4. The molecule has 0 heterocycles. The van der Waals surface area contributed by atoms with E-state index in [4.69, 9.17) is 32.7 Å². The Hall–Kier alpha value is -3.13. The number of amides is 1. The zero-order valence-electron chi connectivity index (χ0n) is 30.6. The molecule has 1 atom stereocenters. The fourth-order valence-electron chi connectivity index (χ4n) is 4.95. The topological polar surface area (TPSA) is 155 Å². The molecule has 0 bridgehead atoms. The monoisotopic (exact) mass is 707 g/mol. The number of aliphatic carboxylic acids is 3. The van der Waals surface area contributed by atoms with Gasteiger partial charge in [0.05, 0.1) is 0 Å². The molecule has 1 aromatic rings. The van der Waals surface area contributed by atoms with E-state index in [1.165, 1.54) is 83.5 Å². The number of carbonyl (C=O) groups is 4. The first-order valence-corrected chi connectivity index (χ1v) is 18.9. The number of primary amides is 1. The number of hydrogen-bond acceptors (Lipinski definition) is 4. The Labute approximate surface area is 301 Å². The molecule has 0 aliphatic rings. The molecule has 1 rings (SSSR count). The second-order valence-electron chi connectivity index (χ2n) is 12.9. The van der Waals surface area contributed by atoms with Crippen LogP contribution in [0.2, 0.25) is 0 Å². The molecule has 49 heavy (non-hydrogen) atoms. The lowest BCUT2D eigenvalue weighted by atomic mass is 10.0. The molecule has 8 nitrogen and oxygen atoms in total. The number of unbranched alkanes of at least 4 members (excludes halogenated alkanes) is 17. The molecule has 280 valence electrons. The number of nitrogens with two attached hydrogens (primary N) is 1. The van der Waals surface area contributed by atoms with Crippen molar-refractivity contribution < 1.29 is 34.5 Å². The van der Waals surface area contributed by atoms with Crippen LogP contribution in [0.4, 0.5) is 0 Å². The van der Waals surface area contributed by atoms with Crippen LogP contribution in [0.15, 0.2) is 54.1 Å². The molecule has 1 amide bonds. The smallest absolute Gasteiger partial charge is 0.331 e. The summed E-state index contributed by atoms with van der Waals surface area (Å²) in [7, 11) is 0. The molecule has 9 heteroatoms. The van der Waals surface area contributed by atoms with Gasteiger partial charge in [-0.05, 0) is 43.6 Å². The van der Waals surface area contributed by atoms with E-state index < -0.39 is 29.2 Å². The van der Waals surface area contributed by atoms with Crippen molar-refractivity contribution >= 4 is 35.4 Å². The van der Waals surface area contributed by atoms with Gasteiger partial charge in [-0.15, -0.1) is 11.6 Å². The van der Waals surface area contributed by atoms with Gasteiger partial charge < -0.3 is 21.1 Å². The summed E-state index contributed by atoms with van der Waals surface area (Å²) in [6.45, 7) is 6.53. The summed E-state index contributed by atoms with van der Waals surface area (Å²) in [5.74, 6) is -2.83. The highest BCUT2D eigenvalue weighted by atomic mass is 35.5. The van der Waals surface area contributed by atoms with E-state index in [2.05, 4.69) is 32.9 Å². The molecular formula is C40H66ClNO7. The summed E-state index contributed by atoms with van der Waals surface area (Å²) in [5.41, 5.74) is 5.75. The maximum atomic E-state index is 11.0. The van der Waals surface area contributed by atoms with E-state index in [0.29, 0.717) is 24.3 Å². The van der Waals surface area contributed by atoms with E-state index in [1.807, 2.05) is 6.07 Å². The van der Waals surface area contributed by atoms with Crippen LogP contribution >= 0.6 is 11.6 Å². The van der Waals surface area contributed by atoms with E-state index in [-0.39, 0.29) is 5.57 Å². The molecule has 0 aliphatic carbocycles. The summed E-state index contributed by atoms with van der Waals surface area (Å²) in [4.78, 5) is 42.2. The van der Waals surface area contributed by atoms with Gasteiger partial charge in [0.25, 0.3) is 0 Å². The van der Waals surface area contributed by atoms with Crippen LogP contribution in [0.3, 0.4) is 0 Å². The quantitative estimate of drug-likeness (QED) is 0.0307. The number of carbonyl (C=O) groups excluding carboxylic acids is 1. The minimum absolute atomic E-state index is 0.128. The van der Waals surface area contributed by atoms with Crippen molar-refractivity contribution in [1.82, 2.24) is 0 Å². The Morgan fingerprint density at radius 3 is 1.53 bits per heavy atom. The Morgan fingerprint density at radius 2 is 1.14 bits per heavy atom. The fraction of sp³-hybridized carbons (Fsp3) is 0.650. The molecule has 0 aromatic heterocycles. The second-order valence-corrected chi connectivity index (χ2v) is 13.3. The van der Waals surface area contributed by atoms with Crippen LogP contribution in [-0.2, 0) is 19.2 Å². The molecular weight excluding hydrogens is 642 g/mol. The van der Waals surface area contributed by atoms with Crippen molar-refractivity contribution in [2.45, 2.75) is 161 Å². The normalized spacial score (nSPS) is 11.7. The summed E-state index contributed by atoms with van der Waals surface area (Å²) in [6, 6.07) is 8.70. The molecule has 0 aliphatic heterocycles. The highest BCUT2D eigenvalue weighted by molar-refractivity contribution is 6.29.